The number of nitrogens with one attached hydrogen (secondary N) is 1. The maximum absolute atomic E-state index is 12.4. The Kier molecular flexibility index (Phi) is 4.30. The number of carbonyl (C=O) groups excluding carboxylic acids is 1. The van der Waals surface area contributed by atoms with Crippen molar-refractivity contribution in [3.8, 4) is 5.69 Å². The predicted molar refractivity (Wildman–Crippen MR) is 86.0 cm³/mol. The van der Waals surface area contributed by atoms with Gasteiger partial charge in [0.05, 0.1) is 11.3 Å². The number of amides is 1. The molecule has 0 bridgehead atoms. The van der Waals surface area contributed by atoms with Gasteiger partial charge in [0.15, 0.2) is 0 Å². The summed E-state index contributed by atoms with van der Waals surface area (Å²) in [6.45, 7) is 0.565. The van der Waals surface area contributed by atoms with Gasteiger partial charge < -0.3 is 9.88 Å². The number of pyridine rings is 1. The summed E-state index contributed by atoms with van der Waals surface area (Å²) in [5, 5.41) is 2.96. The minimum absolute atomic E-state index is 0.0692. The van der Waals surface area contributed by atoms with Crippen LogP contribution in [0.5, 0.6) is 0 Å². The largest absolute Gasteiger partial charge is 0.352 e. The minimum Gasteiger partial charge on any atom is -0.352 e. The first-order valence-corrected chi connectivity index (χ1v) is 7.25. The summed E-state index contributed by atoms with van der Waals surface area (Å²) in [7, 11) is 0. The molecular weight excluding hydrogens is 274 g/mol. The van der Waals surface area contributed by atoms with E-state index in [1.807, 2.05) is 71.6 Å². The first-order chi connectivity index (χ1) is 10.8. The quantitative estimate of drug-likeness (QED) is 0.785. The molecule has 3 rings (SSSR count). The Labute approximate surface area is 129 Å². The zero-order valence-electron chi connectivity index (χ0n) is 12.1. The number of hydrogen-bond acceptors (Lipinski definition) is 2. The molecule has 4 heteroatoms. The molecule has 22 heavy (non-hydrogen) atoms. The molecule has 1 aromatic carbocycles. The third-order valence-corrected chi connectivity index (χ3v) is 3.42. The molecule has 0 radical (unpaired) electrons. The maximum Gasteiger partial charge on any atom is 0.253 e. The van der Waals surface area contributed by atoms with E-state index in [-0.39, 0.29) is 5.91 Å². The van der Waals surface area contributed by atoms with E-state index in [0.717, 1.165) is 17.8 Å². The molecule has 0 saturated heterocycles. The smallest absolute Gasteiger partial charge is 0.253 e. The Morgan fingerprint density at radius 2 is 1.77 bits per heavy atom. The summed E-state index contributed by atoms with van der Waals surface area (Å²) in [6.07, 6.45) is 6.34. The fourth-order valence-electron chi connectivity index (χ4n) is 2.33. The van der Waals surface area contributed by atoms with Crippen molar-refractivity contribution in [2.24, 2.45) is 0 Å². The minimum atomic E-state index is -0.0692. The number of carbonyl (C=O) groups is 1. The molecule has 2 heterocycles. The Bertz CT molecular complexity index is 736. The van der Waals surface area contributed by atoms with Crippen LogP contribution in [0.2, 0.25) is 0 Å². The van der Waals surface area contributed by atoms with Gasteiger partial charge in [-0.25, -0.2) is 0 Å². The second-order valence-electron chi connectivity index (χ2n) is 4.93. The first kappa shape index (κ1) is 14.1. The highest BCUT2D eigenvalue weighted by molar-refractivity contribution is 5.97. The van der Waals surface area contributed by atoms with Crippen LogP contribution in [0.4, 0.5) is 0 Å². The van der Waals surface area contributed by atoms with E-state index in [0.29, 0.717) is 12.1 Å². The average Bonchev–Trinajstić information content (AvgIpc) is 3.10. The first-order valence-electron chi connectivity index (χ1n) is 7.25. The van der Waals surface area contributed by atoms with Crippen molar-refractivity contribution in [3.05, 3.63) is 84.4 Å². The van der Waals surface area contributed by atoms with Crippen LogP contribution in [0, 0.1) is 0 Å². The van der Waals surface area contributed by atoms with E-state index >= 15 is 0 Å². The van der Waals surface area contributed by atoms with Crippen LogP contribution in [0.1, 0.15) is 16.1 Å². The normalized spacial score (nSPS) is 10.4. The zero-order valence-corrected chi connectivity index (χ0v) is 12.1. The lowest BCUT2D eigenvalue weighted by molar-refractivity contribution is 0.0954. The second kappa shape index (κ2) is 6.72. The van der Waals surface area contributed by atoms with Crippen LogP contribution in [-0.4, -0.2) is 22.0 Å². The van der Waals surface area contributed by atoms with Crippen LogP contribution >= 0.6 is 0 Å². The Morgan fingerprint density at radius 1 is 1.00 bits per heavy atom. The molecular formula is C18H17N3O. The standard InChI is InChI=1S/C18H17N3O/c22-18(20-12-10-15-7-3-4-11-19-15)16-8-1-2-9-17(16)21-13-5-6-14-21/h1-9,11,13-14H,10,12H2,(H,20,22). The van der Waals surface area contributed by atoms with Crippen molar-refractivity contribution in [3.63, 3.8) is 0 Å². The molecule has 1 N–H and O–H groups in total. The molecule has 0 spiro atoms. The highest BCUT2D eigenvalue weighted by Crippen LogP contribution is 2.14. The van der Waals surface area contributed by atoms with Crippen molar-refractivity contribution in [1.29, 1.82) is 0 Å². The molecule has 1 amide bonds. The van der Waals surface area contributed by atoms with E-state index in [2.05, 4.69) is 10.3 Å². The highest BCUT2D eigenvalue weighted by atomic mass is 16.1. The van der Waals surface area contributed by atoms with Gasteiger partial charge in [0.1, 0.15) is 0 Å². The van der Waals surface area contributed by atoms with Crippen molar-refractivity contribution < 1.29 is 4.79 Å². The van der Waals surface area contributed by atoms with Crippen LogP contribution in [-0.2, 0) is 6.42 Å². The maximum atomic E-state index is 12.4. The van der Waals surface area contributed by atoms with Gasteiger partial charge in [-0.2, -0.15) is 0 Å². The number of benzene rings is 1. The van der Waals surface area contributed by atoms with Gasteiger partial charge in [-0.1, -0.05) is 18.2 Å². The molecule has 4 nitrogen and oxygen atoms in total. The van der Waals surface area contributed by atoms with Crippen LogP contribution in [0.15, 0.2) is 73.2 Å². The molecule has 0 saturated carbocycles. The van der Waals surface area contributed by atoms with Crippen LogP contribution in [0.3, 0.4) is 0 Å². The van der Waals surface area contributed by atoms with E-state index in [4.69, 9.17) is 0 Å². The zero-order chi connectivity index (χ0) is 15.2. The van der Waals surface area contributed by atoms with Crippen LogP contribution < -0.4 is 5.32 Å². The van der Waals surface area contributed by atoms with Gasteiger partial charge in [-0.05, 0) is 36.4 Å². The molecule has 0 atom stereocenters. The molecule has 110 valence electrons. The molecule has 0 aliphatic carbocycles. The van der Waals surface area contributed by atoms with Gasteiger partial charge in [0.25, 0.3) is 5.91 Å². The Hall–Kier alpha value is -2.88. The van der Waals surface area contributed by atoms with E-state index < -0.39 is 0 Å². The second-order valence-corrected chi connectivity index (χ2v) is 4.93. The topological polar surface area (TPSA) is 46.9 Å². The summed E-state index contributed by atoms with van der Waals surface area (Å²) in [5.41, 5.74) is 2.52. The lowest BCUT2D eigenvalue weighted by atomic mass is 10.1. The summed E-state index contributed by atoms with van der Waals surface area (Å²) in [5.74, 6) is -0.0692. The summed E-state index contributed by atoms with van der Waals surface area (Å²) >= 11 is 0. The Balaban J connectivity index is 1.68. The molecule has 0 fully saturated rings. The molecule has 0 unspecified atom stereocenters. The van der Waals surface area contributed by atoms with Gasteiger partial charge in [-0.3, -0.25) is 9.78 Å². The molecule has 0 aliphatic heterocycles. The van der Waals surface area contributed by atoms with E-state index in [1.165, 1.54) is 0 Å². The Morgan fingerprint density at radius 3 is 2.55 bits per heavy atom. The SMILES string of the molecule is O=C(NCCc1ccccn1)c1ccccc1-n1cccc1. The van der Waals surface area contributed by atoms with Gasteiger partial charge in [0.2, 0.25) is 0 Å². The highest BCUT2D eigenvalue weighted by Gasteiger charge is 2.11. The fraction of sp³-hybridized carbons (Fsp3) is 0.111. The van der Waals surface area contributed by atoms with Crippen molar-refractivity contribution in [2.75, 3.05) is 6.54 Å². The van der Waals surface area contributed by atoms with Gasteiger partial charge in [0, 0.05) is 37.3 Å². The van der Waals surface area contributed by atoms with Gasteiger partial charge >= 0.3 is 0 Å². The van der Waals surface area contributed by atoms with E-state index in [9.17, 15) is 4.79 Å². The summed E-state index contributed by atoms with van der Waals surface area (Å²) < 4.78 is 1.94. The fourth-order valence-corrected chi connectivity index (χ4v) is 2.33. The number of nitrogens with zero attached hydrogens (tertiary/aromatic N) is 2. The van der Waals surface area contributed by atoms with Gasteiger partial charge in [-0.15, -0.1) is 0 Å². The van der Waals surface area contributed by atoms with Crippen molar-refractivity contribution >= 4 is 5.91 Å². The predicted octanol–water partition coefficient (Wildman–Crippen LogP) is 2.84. The molecule has 3 aromatic rings. The average molecular weight is 291 g/mol. The number of rotatable bonds is 5. The monoisotopic (exact) mass is 291 g/mol. The number of hydrogen-bond donors (Lipinski definition) is 1. The molecule has 0 aliphatic rings. The summed E-state index contributed by atoms with van der Waals surface area (Å²) in [4.78, 5) is 16.7. The number of aromatic nitrogens is 2. The van der Waals surface area contributed by atoms with Crippen LogP contribution in [0.25, 0.3) is 5.69 Å². The third kappa shape index (κ3) is 3.23. The van der Waals surface area contributed by atoms with Crippen molar-refractivity contribution in [2.45, 2.75) is 6.42 Å². The number of para-hydroxylation sites is 1. The third-order valence-electron chi connectivity index (χ3n) is 3.42. The lowest BCUT2D eigenvalue weighted by Gasteiger charge is -2.11. The lowest BCUT2D eigenvalue weighted by Crippen LogP contribution is -2.26. The molecule has 2 aromatic heterocycles. The van der Waals surface area contributed by atoms with E-state index in [1.54, 1.807) is 6.20 Å². The van der Waals surface area contributed by atoms with Crippen molar-refractivity contribution in [1.82, 2.24) is 14.9 Å². The summed E-state index contributed by atoms with van der Waals surface area (Å²) in [6, 6.07) is 17.3.